The van der Waals surface area contributed by atoms with Gasteiger partial charge in [0, 0.05) is 6.20 Å². The zero-order chi connectivity index (χ0) is 13.1. The molecule has 94 valence electrons. The summed E-state index contributed by atoms with van der Waals surface area (Å²) in [6.07, 6.45) is 1.65. The molecule has 1 atom stereocenters. The Morgan fingerprint density at radius 3 is 2.59 bits per heavy atom. The van der Waals surface area contributed by atoms with Gasteiger partial charge in [-0.2, -0.15) is 0 Å². The van der Waals surface area contributed by atoms with E-state index in [9.17, 15) is 4.79 Å². The predicted octanol–water partition coefficient (Wildman–Crippen LogP) is 1.78. The van der Waals surface area contributed by atoms with Crippen LogP contribution in [0.1, 0.15) is 26.6 Å². The van der Waals surface area contributed by atoms with Gasteiger partial charge in [-0.05, 0) is 18.4 Å². The molecule has 1 aromatic rings. The van der Waals surface area contributed by atoms with E-state index >= 15 is 0 Å². The van der Waals surface area contributed by atoms with Crippen molar-refractivity contribution in [3.05, 3.63) is 18.1 Å². The van der Waals surface area contributed by atoms with Crippen LogP contribution in [0.3, 0.4) is 0 Å². The Balaban J connectivity index is 2.91. The Bertz CT molecular complexity index is 399. The first-order chi connectivity index (χ1) is 7.84. The maximum absolute atomic E-state index is 11.7. The van der Waals surface area contributed by atoms with Crippen molar-refractivity contribution in [2.24, 2.45) is 5.41 Å². The number of aryl methyl sites for hydroxylation is 1. The summed E-state index contributed by atoms with van der Waals surface area (Å²) in [7, 11) is 1.38. The number of nitrogens with one attached hydrogen (secondary N) is 1. The SMILES string of the molecule is COC(=O)[C@H](Nc1ccnc(C)n1)C(C)(C)C. The molecular weight excluding hydrogens is 218 g/mol. The van der Waals surface area contributed by atoms with Crippen LogP contribution in [0.5, 0.6) is 0 Å². The number of carbonyl (C=O) groups excluding carboxylic acids is 1. The van der Waals surface area contributed by atoms with Crippen LogP contribution >= 0.6 is 0 Å². The lowest BCUT2D eigenvalue weighted by atomic mass is 9.87. The lowest BCUT2D eigenvalue weighted by molar-refractivity contribution is -0.143. The number of anilines is 1. The highest BCUT2D eigenvalue weighted by molar-refractivity contribution is 5.79. The molecule has 1 rings (SSSR count). The lowest BCUT2D eigenvalue weighted by Gasteiger charge is -2.29. The largest absolute Gasteiger partial charge is 0.467 e. The van der Waals surface area contributed by atoms with Crippen LogP contribution < -0.4 is 5.32 Å². The standard InChI is InChI=1S/C12H19N3O2/c1-8-13-7-6-9(14-8)15-10(11(16)17-5)12(2,3)4/h6-7,10H,1-5H3,(H,13,14,15)/t10-/m0/s1. The molecule has 0 amide bonds. The minimum atomic E-state index is -0.443. The highest BCUT2D eigenvalue weighted by Crippen LogP contribution is 2.23. The molecule has 0 saturated heterocycles. The van der Waals surface area contributed by atoms with Gasteiger partial charge < -0.3 is 10.1 Å². The summed E-state index contributed by atoms with van der Waals surface area (Å²) in [6.45, 7) is 7.70. The molecule has 0 aromatic carbocycles. The molecule has 0 aliphatic heterocycles. The van der Waals surface area contributed by atoms with Crippen LogP contribution in [0.2, 0.25) is 0 Å². The molecule has 0 saturated carbocycles. The van der Waals surface area contributed by atoms with Gasteiger partial charge in [-0.15, -0.1) is 0 Å². The Hall–Kier alpha value is -1.65. The van der Waals surface area contributed by atoms with Crippen molar-refractivity contribution in [3.63, 3.8) is 0 Å². The van der Waals surface area contributed by atoms with Gasteiger partial charge in [-0.1, -0.05) is 20.8 Å². The van der Waals surface area contributed by atoms with Crippen LogP contribution in [0.25, 0.3) is 0 Å². The van der Waals surface area contributed by atoms with E-state index in [2.05, 4.69) is 15.3 Å². The van der Waals surface area contributed by atoms with Crippen LogP contribution in [-0.4, -0.2) is 29.1 Å². The molecule has 0 unspecified atom stereocenters. The highest BCUT2D eigenvalue weighted by Gasteiger charge is 2.32. The van der Waals surface area contributed by atoms with Crippen molar-refractivity contribution in [1.29, 1.82) is 0 Å². The first-order valence-electron chi connectivity index (χ1n) is 5.48. The predicted molar refractivity (Wildman–Crippen MR) is 65.7 cm³/mol. The molecular formula is C12H19N3O2. The van der Waals surface area contributed by atoms with Crippen molar-refractivity contribution in [3.8, 4) is 0 Å². The Labute approximate surface area is 102 Å². The number of carbonyl (C=O) groups is 1. The molecule has 0 fully saturated rings. The van der Waals surface area contributed by atoms with Crippen LogP contribution in [-0.2, 0) is 9.53 Å². The molecule has 0 aliphatic rings. The molecule has 1 heterocycles. The lowest BCUT2D eigenvalue weighted by Crippen LogP contribution is -2.42. The maximum atomic E-state index is 11.7. The van der Waals surface area contributed by atoms with Crippen LogP contribution in [0, 0.1) is 12.3 Å². The Morgan fingerprint density at radius 1 is 1.47 bits per heavy atom. The van der Waals surface area contributed by atoms with Crippen molar-refractivity contribution in [1.82, 2.24) is 9.97 Å². The fourth-order valence-electron chi connectivity index (χ4n) is 1.43. The molecule has 0 spiro atoms. The zero-order valence-corrected chi connectivity index (χ0v) is 10.9. The Morgan fingerprint density at radius 2 is 2.12 bits per heavy atom. The number of nitrogens with zero attached hydrogens (tertiary/aromatic N) is 2. The summed E-state index contributed by atoms with van der Waals surface area (Å²) < 4.78 is 4.80. The summed E-state index contributed by atoms with van der Waals surface area (Å²) in [4.78, 5) is 19.9. The van der Waals surface area contributed by atoms with Crippen molar-refractivity contribution in [2.45, 2.75) is 33.7 Å². The summed E-state index contributed by atoms with van der Waals surface area (Å²) in [6, 6.07) is 1.29. The van der Waals surface area contributed by atoms with Crippen molar-refractivity contribution in [2.75, 3.05) is 12.4 Å². The molecule has 0 aliphatic carbocycles. The molecule has 0 bridgehead atoms. The number of hydrogen-bond donors (Lipinski definition) is 1. The first kappa shape index (κ1) is 13.4. The monoisotopic (exact) mass is 237 g/mol. The van der Waals surface area contributed by atoms with Gasteiger partial charge >= 0.3 is 5.97 Å². The van der Waals surface area contributed by atoms with E-state index in [1.807, 2.05) is 20.8 Å². The minimum absolute atomic E-state index is 0.258. The number of hydrogen-bond acceptors (Lipinski definition) is 5. The number of rotatable bonds is 3. The smallest absolute Gasteiger partial charge is 0.328 e. The first-order valence-corrected chi connectivity index (χ1v) is 5.48. The average molecular weight is 237 g/mol. The van der Waals surface area contributed by atoms with Gasteiger partial charge in [0.05, 0.1) is 7.11 Å². The van der Waals surface area contributed by atoms with Gasteiger partial charge in [-0.3, -0.25) is 0 Å². The van der Waals surface area contributed by atoms with Crippen molar-refractivity contribution >= 4 is 11.8 Å². The minimum Gasteiger partial charge on any atom is -0.467 e. The van der Waals surface area contributed by atoms with Gasteiger partial charge in [0.1, 0.15) is 17.7 Å². The molecule has 5 nitrogen and oxygen atoms in total. The van der Waals surface area contributed by atoms with Gasteiger partial charge in [0.2, 0.25) is 0 Å². The van der Waals surface area contributed by atoms with Gasteiger partial charge in [-0.25, -0.2) is 14.8 Å². The summed E-state index contributed by atoms with van der Waals surface area (Å²) >= 11 is 0. The van der Waals surface area contributed by atoms with E-state index in [1.165, 1.54) is 7.11 Å². The van der Waals surface area contributed by atoms with E-state index in [4.69, 9.17) is 4.74 Å². The van der Waals surface area contributed by atoms with E-state index in [1.54, 1.807) is 19.2 Å². The Kier molecular flexibility index (Phi) is 4.04. The zero-order valence-electron chi connectivity index (χ0n) is 10.9. The third-order valence-corrected chi connectivity index (χ3v) is 2.37. The van der Waals surface area contributed by atoms with Gasteiger partial charge in [0.25, 0.3) is 0 Å². The second-order valence-electron chi connectivity index (χ2n) is 4.96. The molecule has 1 aromatic heterocycles. The summed E-state index contributed by atoms with van der Waals surface area (Å²) in [5.74, 6) is 0.990. The average Bonchev–Trinajstić information content (AvgIpc) is 2.23. The number of methoxy groups -OCH3 is 1. The van der Waals surface area contributed by atoms with Crippen molar-refractivity contribution < 1.29 is 9.53 Å². The molecule has 5 heteroatoms. The summed E-state index contributed by atoms with van der Waals surface area (Å²) in [5.41, 5.74) is -0.258. The maximum Gasteiger partial charge on any atom is 0.328 e. The fraction of sp³-hybridized carbons (Fsp3) is 0.583. The second-order valence-corrected chi connectivity index (χ2v) is 4.96. The van der Waals surface area contributed by atoms with Crippen LogP contribution in [0.15, 0.2) is 12.3 Å². The quantitative estimate of drug-likeness (QED) is 0.812. The molecule has 0 radical (unpaired) electrons. The topological polar surface area (TPSA) is 64.1 Å². The molecule has 17 heavy (non-hydrogen) atoms. The summed E-state index contributed by atoms with van der Waals surface area (Å²) in [5, 5.41) is 3.08. The van der Waals surface area contributed by atoms with E-state index in [0.717, 1.165) is 0 Å². The third kappa shape index (κ3) is 3.69. The number of aromatic nitrogens is 2. The normalized spacial score (nSPS) is 13.0. The fourth-order valence-corrected chi connectivity index (χ4v) is 1.43. The van der Waals surface area contributed by atoms with E-state index in [0.29, 0.717) is 11.6 Å². The number of ether oxygens (including phenoxy) is 1. The number of esters is 1. The highest BCUT2D eigenvalue weighted by atomic mass is 16.5. The van der Waals surface area contributed by atoms with E-state index < -0.39 is 6.04 Å². The van der Waals surface area contributed by atoms with Crippen LogP contribution in [0.4, 0.5) is 5.82 Å². The van der Waals surface area contributed by atoms with E-state index in [-0.39, 0.29) is 11.4 Å². The molecule has 1 N–H and O–H groups in total. The third-order valence-electron chi connectivity index (χ3n) is 2.37. The second kappa shape index (κ2) is 5.12. The van der Waals surface area contributed by atoms with Gasteiger partial charge in [0.15, 0.2) is 0 Å².